The molecule has 8 nitrogen and oxygen atoms in total. The summed E-state index contributed by atoms with van der Waals surface area (Å²) >= 11 is 0. The van der Waals surface area contributed by atoms with Gasteiger partial charge in [-0.2, -0.15) is 4.90 Å². The Morgan fingerprint density at radius 1 is 0.848 bits per heavy atom. The van der Waals surface area contributed by atoms with Gasteiger partial charge in [-0.15, -0.1) is 0 Å². The van der Waals surface area contributed by atoms with E-state index in [-0.39, 0.29) is 25.4 Å². The maximum absolute atomic E-state index is 12.9. The largest absolute Gasteiger partial charge is 0.449 e. The maximum atomic E-state index is 12.9. The van der Waals surface area contributed by atoms with E-state index < -0.39 is 29.8 Å². The van der Waals surface area contributed by atoms with Gasteiger partial charge in [0.2, 0.25) is 0 Å². The van der Waals surface area contributed by atoms with Crippen LogP contribution < -0.4 is 0 Å². The summed E-state index contributed by atoms with van der Waals surface area (Å²) in [5.74, 6) is -1.05. The number of amides is 2. The molecule has 0 unspecified atom stereocenters. The highest BCUT2D eigenvalue weighted by Gasteiger charge is 2.51. The van der Waals surface area contributed by atoms with E-state index in [4.69, 9.17) is 14.2 Å². The van der Waals surface area contributed by atoms with E-state index >= 15 is 0 Å². The van der Waals surface area contributed by atoms with E-state index in [1.807, 2.05) is 12.1 Å². The third-order valence-electron chi connectivity index (χ3n) is 5.25. The zero-order valence-electron chi connectivity index (χ0n) is 17.6. The van der Waals surface area contributed by atoms with Gasteiger partial charge in [0.05, 0.1) is 0 Å². The fourth-order valence-electron chi connectivity index (χ4n) is 3.55. The fraction of sp³-hybridized carbons (Fsp3) is 0.200. The van der Waals surface area contributed by atoms with E-state index in [9.17, 15) is 19.2 Å². The van der Waals surface area contributed by atoms with Crippen molar-refractivity contribution >= 4 is 23.9 Å². The van der Waals surface area contributed by atoms with Gasteiger partial charge in [-0.05, 0) is 35.4 Å². The number of hydrogen-bond donors (Lipinski definition) is 0. The van der Waals surface area contributed by atoms with Crippen molar-refractivity contribution < 1.29 is 33.4 Å². The summed E-state index contributed by atoms with van der Waals surface area (Å²) in [6, 6.07) is 16.6. The Balaban J connectivity index is 1.52. The van der Waals surface area contributed by atoms with Gasteiger partial charge in [0.15, 0.2) is 11.4 Å². The highest BCUT2D eigenvalue weighted by atomic mass is 16.6. The Labute approximate surface area is 190 Å². The highest BCUT2D eigenvalue weighted by molar-refractivity contribution is 6.01. The van der Waals surface area contributed by atoms with Crippen molar-refractivity contribution in [3.63, 3.8) is 0 Å². The first-order chi connectivity index (χ1) is 16.0. The van der Waals surface area contributed by atoms with Crippen LogP contribution in [-0.2, 0) is 37.0 Å². The van der Waals surface area contributed by atoms with E-state index in [1.165, 1.54) is 24.3 Å². The molecule has 1 spiro atoms. The minimum Gasteiger partial charge on any atom is -0.449 e. The van der Waals surface area contributed by atoms with Gasteiger partial charge < -0.3 is 14.2 Å². The van der Waals surface area contributed by atoms with E-state index in [0.29, 0.717) is 16.0 Å². The third kappa shape index (κ3) is 5.17. The zero-order valence-corrected chi connectivity index (χ0v) is 17.6. The van der Waals surface area contributed by atoms with Crippen LogP contribution >= 0.6 is 0 Å². The number of nitrogens with zero attached hydrogens (tertiary/aromatic N) is 1. The quantitative estimate of drug-likeness (QED) is 0.509. The van der Waals surface area contributed by atoms with Crippen molar-refractivity contribution in [1.82, 2.24) is 4.90 Å². The van der Waals surface area contributed by atoms with E-state index in [0.717, 1.165) is 0 Å². The molecule has 0 N–H and O–H groups in total. The second-order valence-electron chi connectivity index (χ2n) is 7.62. The lowest BCUT2D eigenvalue weighted by atomic mass is 9.92. The summed E-state index contributed by atoms with van der Waals surface area (Å²) in [5.41, 5.74) is 0.212. The molecule has 33 heavy (non-hydrogen) atoms. The Kier molecular flexibility index (Phi) is 6.35. The van der Waals surface area contributed by atoms with Gasteiger partial charge in [0.1, 0.15) is 19.3 Å². The van der Waals surface area contributed by atoms with Crippen LogP contribution in [-0.4, -0.2) is 40.5 Å². The number of ketones is 1. The van der Waals surface area contributed by atoms with Crippen LogP contribution in [0.3, 0.4) is 0 Å². The Morgan fingerprint density at radius 3 is 1.82 bits per heavy atom. The predicted molar refractivity (Wildman–Crippen MR) is 116 cm³/mol. The average molecular weight is 447 g/mol. The molecule has 2 aliphatic rings. The van der Waals surface area contributed by atoms with Crippen molar-refractivity contribution in [3.05, 3.63) is 96.1 Å². The molecule has 4 rings (SSSR count). The topological polar surface area (TPSA) is 99.2 Å². The average Bonchev–Trinajstić information content (AvgIpc) is 3.15. The molecule has 0 aromatic heterocycles. The number of hydrogen-bond acceptors (Lipinski definition) is 7. The minimum absolute atomic E-state index is 0.0625. The number of ether oxygens (including phenoxy) is 3. The Morgan fingerprint density at radius 2 is 1.33 bits per heavy atom. The smallest absolute Gasteiger partial charge is 0.420 e. The van der Waals surface area contributed by atoms with Crippen molar-refractivity contribution in [2.45, 2.75) is 31.3 Å². The number of benzene rings is 2. The molecule has 2 aromatic rings. The lowest BCUT2D eigenvalue weighted by Gasteiger charge is -2.24. The standard InChI is InChI=1S/C25H21NO7/c27-20-11-13-25(14-12-20)15-21(22(28)33-25)26(23(29)31-16-18-7-3-1-4-8-18)24(30)32-17-19-9-5-2-6-10-19/h1-14,21H,15-17H2/t21-/m0/s1. The van der Waals surface area contributed by atoms with Crippen LogP contribution in [0.15, 0.2) is 85.0 Å². The molecule has 1 saturated heterocycles. The summed E-state index contributed by atoms with van der Waals surface area (Å²) in [5, 5.41) is 0. The number of allylic oxidation sites excluding steroid dienone is 2. The molecule has 0 bridgehead atoms. The molecule has 1 aliphatic carbocycles. The first kappa shape index (κ1) is 22.0. The molecule has 1 atom stereocenters. The van der Waals surface area contributed by atoms with Gasteiger partial charge >= 0.3 is 18.2 Å². The lowest BCUT2D eigenvalue weighted by Crippen LogP contribution is -2.47. The second-order valence-corrected chi connectivity index (χ2v) is 7.62. The summed E-state index contributed by atoms with van der Waals surface area (Å²) in [6.07, 6.45) is 3.31. The van der Waals surface area contributed by atoms with Crippen LogP contribution in [0.25, 0.3) is 0 Å². The van der Waals surface area contributed by atoms with Crippen molar-refractivity contribution in [2.75, 3.05) is 0 Å². The number of carbonyl (C=O) groups excluding carboxylic acids is 4. The highest BCUT2D eigenvalue weighted by Crippen LogP contribution is 2.35. The number of rotatable bonds is 5. The number of carbonyl (C=O) groups is 4. The first-order valence-corrected chi connectivity index (χ1v) is 10.3. The number of esters is 1. The van der Waals surface area contributed by atoms with E-state index in [1.54, 1.807) is 48.5 Å². The van der Waals surface area contributed by atoms with Gasteiger partial charge in [-0.25, -0.2) is 14.4 Å². The lowest BCUT2D eigenvalue weighted by molar-refractivity contribution is -0.146. The molecule has 2 aromatic carbocycles. The van der Waals surface area contributed by atoms with Crippen molar-refractivity contribution in [3.8, 4) is 0 Å². The summed E-state index contributed by atoms with van der Waals surface area (Å²) in [7, 11) is 0. The second kappa shape index (κ2) is 9.52. The van der Waals surface area contributed by atoms with E-state index in [2.05, 4.69) is 0 Å². The SMILES string of the molecule is O=C1C=CC2(C=C1)C[C@H](N(C(=O)OCc1ccccc1)C(=O)OCc1ccccc1)C(=O)O2. The minimum atomic E-state index is -1.28. The van der Waals surface area contributed by atoms with Crippen LogP contribution in [0.5, 0.6) is 0 Å². The van der Waals surface area contributed by atoms with Gasteiger partial charge in [-0.1, -0.05) is 60.7 Å². The Hall–Kier alpha value is -4.20. The number of imide groups is 1. The van der Waals surface area contributed by atoms with Crippen LogP contribution in [0.2, 0.25) is 0 Å². The third-order valence-corrected chi connectivity index (χ3v) is 5.25. The molecule has 1 aliphatic heterocycles. The van der Waals surface area contributed by atoms with Gasteiger partial charge in [0, 0.05) is 6.42 Å². The van der Waals surface area contributed by atoms with Crippen LogP contribution in [0.4, 0.5) is 9.59 Å². The molecule has 2 amide bonds. The summed E-state index contributed by atoms with van der Waals surface area (Å²) in [6.45, 7) is -0.188. The van der Waals surface area contributed by atoms with Gasteiger partial charge in [0.25, 0.3) is 0 Å². The first-order valence-electron chi connectivity index (χ1n) is 10.3. The van der Waals surface area contributed by atoms with Crippen molar-refractivity contribution in [2.24, 2.45) is 0 Å². The van der Waals surface area contributed by atoms with Crippen LogP contribution in [0, 0.1) is 0 Å². The summed E-state index contributed by atoms with van der Waals surface area (Å²) < 4.78 is 16.0. The zero-order chi connectivity index (χ0) is 23.3. The molecule has 1 heterocycles. The van der Waals surface area contributed by atoms with Crippen LogP contribution in [0.1, 0.15) is 17.5 Å². The predicted octanol–water partition coefficient (Wildman–Crippen LogP) is 3.71. The monoisotopic (exact) mass is 447 g/mol. The van der Waals surface area contributed by atoms with Gasteiger partial charge in [-0.3, -0.25) is 4.79 Å². The molecule has 8 heteroatoms. The molecular formula is C25H21NO7. The molecule has 168 valence electrons. The van der Waals surface area contributed by atoms with Crippen molar-refractivity contribution in [1.29, 1.82) is 0 Å². The molecule has 0 radical (unpaired) electrons. The molecule has 0 saturated carbocycles. The fourth-order valence-corrected chi connectivity index (χ4v) is 3.55. The normalized spacial score (nSPS) is 18.1. The molecular weight excluding hydrogens is 426 g/mol. The Bertz CT molecular complexity index is 1040. The summed E-state index contributed by atoms with van der Waals surface area (Å²) in [4.78, 5) is 50.7. The maximum Gasteiger partial charge on any atom is 0.420 e. The molecule has 1 fully saturated rings.